The maximum Gasteiger partial charge on any atom is 0.229 e. The molecule has 10 heteroatoms. The van der Waals surface area contributed by atoms with Crippen LogP contribution in [0, 0.1) is 0 Å². The molecule has 3 aliphatic heterocycles. The minimum Gasteiger partial charge on any atom is -0.432 e. The van der Waals surface area contributed by atoms with Crippen molar-refractivity contribution in [2.24, 2.45) is 0 Å². The van der Waals surface area contributed by atoms with Gasteiger partial charge in [-0.2, -0.15) is 9.54 Å². The number of furan rings is 1. The number of likely N-dealkylation sites (tertiary alicyclic amines) is 1. The first-order valence-corrected chi connectivity index (χ1v) is 11.6. The zero-order valence-electron chi connectivity index (χ0n) is 15.8. The number of ether oxygens (including phenoxy) is 1. The molecule has 3 aromatic rings. The van der Waals surface area contributed by atoms with E-state index in [-0.39, 0.29) is 5.28 Å². The fraction of sp³-hybridized carbons (Fsp3) is 0.526. The number of rotatable bonds is 3. The normalized spacial score (nSPS) is 27.5. The molecule has 0 aliphatic carbocycles. The third-order valence-corrected chi connectivity index (χ3v) is 8.12. The van der Waals surface area contributed by atoms with Gasteiger partial charge < -0.3 is 14.1 Å². The largest absolute Gasteiger partial charge is 0.432 e. The minimum atomic E-state index is -0.399. The van der Waals surface area contributed by atoms with Gasteiger partial charge in [0.25, 0.3) is 0 Å². The van der Waals surface area contributed by atoms with Crippen molar-refractivity contribution in [3.8, 4) is 0 Å². The van der Waals surface area contributed by atoms with Crippen LogP contribution < -0.4 is 4.90 Å². The quantitative estimate of drug-likeness (QED) is 0.496. The van der Waals surface area contributed by atoms with Crippen LogP contribution in [-0.4, -0.2) is 74.3 Å². The fourth-order valence-electron chi connectivity index (χ4n) is 4.68. The lowest BCUT2D eigenvalue weighted by Crippen LogP contribution is -2.39. The lowest BCUT2D eigenvalue weighted by atomic mass is 10.2. The van der Waals surface area contributed by atoms with Crippen molar-refractivity contribution in [1.82, 2.24) is 19.9 Å². The van der Waals surface area contributed by atoms with Gasteiger partial charge in [0.15, 0.2) is 22.4 Å². The fourth-order valence-corrected chi connectivity index (χ4v) is 6.66. The number of fused-ring (bicyclic) bond motifs is 5. The molecule has 0 amide bonds. The summed E-state index contributed by atoms with van der Waals surface area (Å²) < 4.78 is 21.5. The number of aromatic nitrogens is 3. The van der Waals surface area contributed by atoms with E-state index in [0.29, 0.717) is 47.1 Å². The smallest absolute Gasteiger partial charge is 0.229 e. The molecule has 1 N–H and O–H groups in total. The highest BCUT2D eigenvalue weighted by Crippen LogP contribution is 2.36. The van der Waals surface area contributed by atoms with Gasteiger partial charge in [-0.15, -0.1) is 0 Å². The Kier molecular flexibility index (Phi) is 4.35. The average molecular weight is 435 g/mol. The summed E-state index contributed by atoms with van der Waals surface area (Å²) >= 11 is 5.86. The van der Waals surface area contributed by atoms with Crippen molar-refractivity contribution in [2.75, 3.05) is 43.5 Å². The van der Waals surface area contributed by atoms with Crippen molar-refractivity contribution in [3.63, 3.8) is 0 Å². The Morgan fingerprint density at radius 2 is 2.14 bits per heavy atom. The van der Waals surface area contributed by atoms with Gasteiger partial charge in [-0.25, -0.2) is 9.97 Å². The minimum absolute atomic E-state index is 0.207. The molecule has 3 saturated heterocycles. The second kappa shape index (κ2) is 6.95. The third kappa shape index (κ3) is 3.07. The summed E-state index contributed by atoms with van der Waals surface area (Å²) in [6.07, 6.45) is 2.98. The molecule has 29 heavy (non-hydrogen) atoms. The molecule has 3 atom stereocenters. The molecule has 152 valence electrons. The maximum absolute atomic E-state index is 10.0. The van der Waals surface area contributed by atoms with Crippen molar-refractivity contribution in [3.05, 3.63) is 23.1 Å². The van der Waals surface area contributed by atoms with Gasteiger partial charge in [0.1, 0.15) is 16.7 Å². The Morgan fingerprint density at radius 3 is 2.90 bits per heavy atom. The summed E-state index contributed by atoms with van der Waals surface area (Å²) in [4.78, 5) is 18.0. The number of pyridine rings is 1. The summed E-state index contributed by atoms with van der Waals surface area (Å²) in [5.41, 5.74) is 3.00. The van der Waals surface area contributed by atoms with Crippen LogP contribution in [0.25, 0.3) is 22.2 Å². The molecular weight excluding hydrogens is 414 g/mol. The molecule has 3 aromatic heterocycles. The summed E-state index contributed by atoms with van der Waals surface area (Å²) in [7, 11) is 0. The third-order valence-electron chi connectivity index (χ3n) is 6.12. The maximum atomic E-state index is 10.0. The Morgan fingerprint density at radius 1 is 1.28 bits per heavy atom. The lowest BCUT2D eigenvalue weighted by molar-refractivity contribution is 0.122. The average Bonchev–Trinajstić information content (AvgIpc) is 3.40. The summed E-state index contributed by atoms with van der Waals surface area (Å²) in [5.74, 6) is 1.61. The van der Waals surface area contributed by atoms with E-state index in [1.54, 1.807) is 0 Å². The van der Waals surface area contributed by atoms with Gasteiger partial charge in [0.05, 0.1) is 31.2 Å². The number of morpholine rings is 1. The molecule has 0 spiro atoms. The van der Waals surface area contributed by atoms with Gasteiger partial charge in [-0.1, -0.05) is 0 Å². The van der Waals surface area contributed by atoms with Crippen molar-refractivity contribution in [2.45, 2.75) is 24.3 Å². The second-order valence-corrected chi connectivity index (χ2v) is 10.0. The number of hydrogen-bond donors (Lipinski definition) is 1. The van der Waals surface area contributed by atoms with Gasteiger partial charge in [0, 0.05) is 32.3 Å². The van der Waals surface area contributed by atoms with E-state index in [1.165, 1.54) is 0 Å². The van der Waals surface area contributed by atoms with Gasteiger partial charge in [0.2, 0.25) is 11.0 Å². The van der Waals surface area contributed by atoms with Crippen LogP contribution in [0.2, 0.25) is 5.28 Å². The van der Waals surface area contributed by atoms with Crippen LogP contribution in [0.4, 0.5) is 5.82 Å². The zero-order valence-corrected chi connectivity index (χ0v) is 17.3. The number of halogens is 1. The predicted molar refractivity (Wildman–Crippen MR) is 113 cm³/mol. The van der Waals surface area contributed by atoms with Crippen LogP contribution in [0.3, 0.4) is 0 Å². The predicted octanol–water partition coefficient (Wildman–Crippen LogP) is 2.31. The molecule has 3 aliphatic rings. The standard InChI is InChI=1S/C19H21ClN5O3S/c20-19-22-15-14-5-11(8-25-9-13-6-12(25)10-29(13)26)7-21-18(14)28-16(15)17(23-19)24-1-3-27-4-2-24/h5,7,12-13,26H,1-4,6,8-10H2/q+1. The van der Waals surface area contributed by atoms with Gasteiger partial charge in [-0.05, 0) is 23.2 Å². The second-order valence-electron chi connectivity index (χ2n) is 7.90. The molecule has 0 radical (unpaired) electrons. The van der Waals surface area contributed by atoms with Crippen molar-refractivity contribution < 1.29 is 13.7 Å². The molecule has 2 bridgehead atoms. The summed E-state index contributed by atoms with van der Waals surface area (Å²) in [6, 6.07) is 2.58. The Hall–Kier alpha value is -1.65. The molecule has 8 nitrogen and oxygen atoms in total. The van der Waals surface area contributed by atoms with Crippen molar-refractivity contribution >= 4 is 50.8 Å². The first-order valence-electron chi connectivity index (χ1n) is 9.86. The highest BCUT2D eigenvalue weighted by atomic mass is 35.5. The summed E-state index contributed by atoms with van der Waals surface area (Å²) in [5, 5.41) is 1.51. The molecular formula is C19H21ClN5O3S+. The number of nitrogens with zero attached hydrogens (tertiary/aromatic N) is 5. The van der Waals surface area contributed by atoms with Crippen LogP contribution >= 0.6 is 11.6 Å². The Bertz CT molecular complexity index is 1090. The van der Waals surface area contributed by atoms with E-state index in [1.807, 2.05) is 6.20 Å². The first-order chi connectivity index (χ1) is 14.2. The van der Waals surface area contributed by atoms with E-state index in [4.69, 9.17) is 20.8 Å². The van der Waals surface area contributed by atoms with E-state index in [2.05, 4.69) is 30.8 Å². The van der Waals surface area contributed by atoms with Crippen LogP contribution in [-0.2, 0) is 22.5 Å². The van der Waals surface area contributed by atoms with Crippen molar-refractivity contribution in [1.29, 1.82) is 0 Å². The van der Waals surface area contributed by atoms with Crippen LogP contribution in [0.15, 0.2) is 16.7 Å². The SMILES string of the molecule is O[S+]1CC2CC1CN2Cc1cnc2oc3c(N4CCOCC4)nc(Cl)nc3c2c1. The zero-order chi connectivity index (χ0) is 19.5. The van der Waals surface area contributed by atoms with Gasteiger partial charge >= 0.3 is 0 Å². The monoisotopic (exact) mass is 434 g/mol. The molecule has 0 saturated carbocycles. The molecule has 0 aromatic carbocycles. The van der Waals surface area contributed by atoms with Crippen LogP contribution in [0.5, 0.6) is 0 Å². The highest BCUT2D eigenvalue weighted by Gasteiger charge is 2.52. The van der Waals surface area contributed by atoms with E-state index < -0.39 is 11.2 Å². The highest BCUT2D eigenvalue weighted by molar-refractivity contribution is 7.92. The van der Waals surface area contributed by atoms with Crippen LogP contribution in [0.1, 0.15) is 12.0 Å². The molecule has 6 rings (SSSR count). The summed E-state index contributed by atoms with van der Waals surface area (Å²) in [6.45, 7) is 4.56. The number of hydrogen-bond acceptors (Lipinski definition) is 8. The Balaban J connectivity index is 1.37. The van der Waals surface area contributed by atoms with E-state index in [0.717, 1.165) is 49.3 Å². The lowest BCUT2D eigenvalue weighted by Gasteiger charge is -2.27. The molecule has 3 unspecified atom stereocenters. The topological polar surface area (TPSA) is 87.8 Å². The van der Waals surface area contributed by atoms with E-state index in [9.17, 15) is 4.55 Å². The molecule has 3 fully saturated rings. The number of anilines is 1. The molecule has 6 heterocycles. The Labute approximate surface area is 175 Å². The van der Waals surface area contributed by atoms with Gasteiger partial charge in [-0.3, -0.25) is 4.90 Å². The first kappa shape index (κ1) is 18.1. The van der Waals surface area contributed by atoms with E-state index >= 15 is 0 Å².